The highest BCUT2D eigenvalue weighted by atomic mass is 35.5. The van der Waals surface area contributed by atoms with Crippen LogP contribution in [0.3, 0.4) is 0 Å². The number of hydrogen-bond donors (Lipinski definition) is 2. The third-order valence-electron chi connectivity index (χ3n) is 2.61. The monoisotopic (exact) mass is 308 g/mol. The Labute approximate surface area is 117 Å². The molecular weight excluding hydrogens is 297 g/mol. The molecular formula is C11H12ClF3N4O. The summed E-state index contributed by atoms with van der Waals surface area (Å²) in [4.78, 5) is 0. The predicted molar refractivity (Wildman–Crippen MR) is 67.6 cm³/mol. The molecule has 9 heteroatoms. The molecule has 1 aromatic heterocycles. The lowest BCUT2D eigenvalue weighted by Crippen LogP contribution is -2.42. The van der Waals surface area contributed by atoms with Crippen molar-refractivity contribution in [2.45, 2.75) is 17.9 Å². The molecule has 0 radical (unpaired) electrons. The summed E-state index contributed by atoms with van der Waals surface area (Å²) in [6.07, 6.45) is -1.70. The summed E-state index contributed by atoms with van der Waals surface area (Å²) in [5.41, 5.74) is 5.31. The van der Waals surface area contributed by atoms with E-state index < -0.39 is 16.9 Å². The van der Waals surface area contributed by atoms with Crippen LogP contribution in [0.25, 0.3) is 0 Å². The molecule has 0 fully saturated rings. The first-order chi connectivity index (χ1) is 9.26. The van der Waals surface area contributed by atoms with Crippen LogP contribution < -0.4 is 11.1 Å². The van der Waals surface area contributed by atoms with E-state index in [4.69, 9.17) is 22.1 Å². The molecule has 0 bridgehead atoms. The Morgan fingerprint density at radius 2 is 2.25 bits per heavy atom. The summed E-state index contributed by atoms with van der Waals surface area (Å²) in [6.45, 7) is 0.176. The number of hydrogen-bond acceptors (Lipinski definition) is 4. The van der Waals surface area contributed by atoms with Gasteiger partial charge in [-0.1, -0.05) is 11.6 Å². The van der Waals surface area contributed by atoms with Crippen molar-refractivity contribution in [3.63, 3.8) is 0 Å². The van der Waals surface area contributed by atoms with E-state index in [0.29, 0.717) is 5.69 Å². The fraction of sp³-hybridized carbons (Fsp3) is 0.364. The van der Waals surface area contributed by atoms with Crippen LogP contribution in [-0.2, 0) is 16.5 Å². The van der Waals surface area contributed by atoms with E-state index in [1.807, 2.05) is 0 Å². The van der Waals surface area contributed by atoms with Gasteiger partial charge in [0.15, 0.2) is 0 Å². The number of dihydropyridines is 1. The van der Waals surface area contributed by atoms with E-state index in [2.05, 4.69) is 10.4 Å². The second kappa shape index (κ2) is 5.02. The normalized spacial score (nSPS) is 22.6. The minimum absolute atomic E-state index is 0.118. The average Bonchev–Trinajstić information content (AvgIpc) is 2.70. The second-order valence-electron chi connectivity index (χ2n) is 4.15. The Kier molecular flexibility index (Phi) is 3.70. The van der Waals surface area contributed by atoms with E-state index in [-0.39, 0.29) is 12.4 Å². The van der Waals surface area contributed by atoms with Gasteiger partial charge in [-0.25, -0.2) is 4.68 Å². The minimum atomic E-state index is -4.50. The maximum Gasteiger partial charge on any atom is 0.416 e. The first kappa shape index (κ1) is 14.7. The van der Waals surface area contributed by atoms with Crippen LogP contribution in [0.5, 0.6) is 0 Å². The summed E-state index contributed by atoms with van der Waals surface area (Å²) >= 11 is 6.16. The van der Waals surface area contributed by atoms with E-state index in [9.17, 15) is 13.2 Å². The zero-order valence-corrected chi connectivity index (χ0v) is 11.2. The highest BCUT2D eigenvalue weighted by Gasteiger charge is 2.39. The number of nitrogen functional groups attached to an aromatic ring is 1. The van der Waals surface area contributed by atoms with E-state index in [0.717, 1.165) is 23.0 Å². The molecule has 0 saturated heterocycles. The van der Waals surface area contributed by atoms with Crippen LogP contribution in [0.15, 0.2) is 30.0 Å². The van der Waals surface area contributed by atoms with Crippen molar-refractivity contribution in [3.05, 3.63) is 35.7 Å². The van der Waals surface area contributed by atoms with Crippen LogP contribution >= 0.6 is 11.6 Å². The molecule has 2 heterocycles. The van der Waals surface area contributed by atoms with E-state index in [1.165, 1.54) is 13.2 Å². The lowest BCUT2D eigenvalue weighted by molar-refractivity contribution is -0.0892. The van der Waals surface area contributed by atoms with E-state index >= 15 is 0 Å². The van der Waals surface area contributed by atoms with Crippen molar-refractivity contribution in [1.82, 2.24) is 15.1 Å². The molecule has 1 aliphatic heterocycles. The zero-order chi connectivity index (χ0) is 15.0. The first-order valence-electron chi connectivity index (χ1n) is 5.53. The molecule has 3 N–H and O–H groups in total. The highest BCUT2D eigenvalue weighted by molar-refractivity contribution is 6.23. The maximum absolute atomic E-state index is 12.7. The lowest BCUT2D eigenvalue weighted by Gasteiger charge is -2.29. The van der Waals surface area contributed by atoms with Gasteiger partial charge in [0.2, 0.25) is 5.12 Å². The van der Waals surface area contributed by atoms with Gasteiger partial charge in [0, 0.05) is 19.4 Å². The van der Waals surface area contributed by atoms with Gasteiger partial charge in [0.25, 0.3) is 0 Å². The number of halogens is 4. The van der Waals surface area contributed by atoms with E-state index in [1.54, 1.807) is 0 Å². The van der Waals surface area contributed by atoms with Gasteiger partial charge < -0.3 is 15.8 Å². The van der Waals surface area contributed by atoms with Gasteiger partial charge in [0.1, 0.15) is 5.82 Å². The van der Waals surface area contributed by atoms with Crippen LogP contribution in [0.4, 0.5) is 19.0 Å². The number of ether oxygens (including phenoxy) is 1. The Morgan fingerprint density at radius 1 is 1.55 bits per heavy atom. The number of methoxy groups -OCH3 is 1. The summed E-state index contributed by atoms with van der Waals surface area (Å²) < 4.78 is 44.2. The molecule has 0 amide bonds. The Hall–Kier alpha value is -1.67. The number of nitrogens with one attached hydrogen (secondary N) is 1. The highest BCUT2D eigenvalue weighted by Crippen LogP contribution is 2.35. The maximum atomic E-state index is 12.7. The van der Waals surface area contributed by atoms with Gasteiger partial charge in [-0.15, -0.1) is 0 Å². The van der Waals surface area contributed by atoms with Crippen molar-refractivity contribution in [3.8, 4) is 0 Å². The molecule has 20 heavy (non-hydrogen) atoms. The third kappa shape index (κ3) is 2.75. The topological polar surface area (TPSA) is 65.1 Å². The smallest absolute Gasteiger partial charge is 0.384 e. The molecule has 0 saturated carbocycles. The van der Waals surface area contributed by atoms with Gasteiger partial charge in [-0.3, -0.25) is 0 Å². The Morgan fingerprint density at radius 3 is 2.85 bits per heavy atom. The average molecular weight is 309 g/mol. The van der Waals surface area contributed by atoms with Crippen molar-refractivity contribution < 1.29 is 17.9 Å². The quantitative estimate of drug-likeness (QED) is 0.663. The molecule has 1 unspecified atom stereocenters. The first-order valence-corrected chi connectivity index (χ1v) is 5.91. The predicted octanol–water partition coefficient (Wildman–Crippen LogP) is 2.07. The largest absolute Gasteiger partial charge is 0.416 e. The number of rotatable bonds is 3. The van der Waals surface area contributed by atoms with Gasteiger partial charge in [0.05, 0.1) is 17.9 Å². The SMILES string of the molecule is COCc1cc(N)n(C2(Cl)C=C(C(F)(F)F)C=CN2)n1. The molecule has 0 spiro atoms. The summed E-state index contributed by atoms with van der Waals surface area (Å²) in [5, 5.41) is 4.92. The zero-order valence-electron chi connectivity index (χ0n) is 10.4. The minimum Gasteiger partial charge on any atom is -0.384 e. The van der Waals surface area contributed by atoms with Gasteiger partial charge in [-0.2, -0.15) is 18.3 Å². The molecule has 110 valence electrons. The number of nitrogens with zero attached hydrogens (tertiary/aromatic N) is 2. The number of alkyl halides is 4. The van der Waals surface area contributed by atoms with Crippen molar-refractivity contribution in [2.24, 2.45) is 0 Å². The Balaban J connectivity index is 2.41. The standard InChI is InChI=1S/C11H12ClF3N4O/c1-20-6-8-4-9(16)19(18-8)10(12)5-7(2-3-17-10)11(13,14)15/h2-5,17H,6,16H2,1H3. The van der Waals surface area contributed by atoms with Crippen molar-refractivity contribution >= 4 is 17.4 Å². The van der Waals surface area contributed by atoms with Crippen LogP contribution in [-0.4, -0.2) is 23.1 Å². The summed E-state index contributed by atoms with van der Waals surface area (Å²) in [7, 11) is 1.47. The molecule has 1 atom stereocenters. The number of allylic oxidation sites excluding steroid dienone is 2. The molecule has 0 aliphatic carbocycles. The van der Waals surface area contributed by atoms with Crippen molar-refractivity contribution in [1.29, 1.82) is 0 Å². The number of anilines is 1. The molecule has 1 aromatic rings. The van der Waals surface area contributed by atoms with Gasteiger partial charge in [-0.05, 0) is 12.2 Å². The lowest BCUT2D eigenvalue weighted by atomic mass is 10.1. The number of aromatic nitrogens is 2. The fourth-order valence-electron chi connectivity index (χ4n) is 1.77. The third-order valence-corrected chi connectivity index (χ3v) is 2.99. The summed E-state index contributed by atoms with van der Waals surface area (Å²) in [5.74, 6) is 0.118. The fourth-order valence-corrected chi connectivity index (χ4v) is 2.08. The van der Waals surface area contributed by atoms with Crippen LogP contribution in [0.2, 0.25) is 0 Å². The second-order valence-corrected chi connectivity index (χ2v) is 4.73. The van der Waals surface area contributed by atoms with Crippen LogP contribution in [0.1, 0.15) is 5.69 Å². The molecule has 1 aliphatic rings. The summed E-state index contributed by atoms with van der Waals surface area (Å²) in [6, 6.07) is 1.48. The molecule has 0 aromatic carbocycles. The number of nitrogens with two attached hydrogens (primary N) is 1. The Bertz CT molecular complexity index is 567. The van der Waals surface area contributed by atoms with Crippen LogP contribution in [0, 0.1) is 0 Å². The van der Waals surface area contributed by atoms with Gasteiger partial charge >= 0.3 is 6.18 Å². The molecule has 2 rings (SSSR count). The van der Waals surface area contributed by atoms with Crippen molar-refractivity contribution in [2.75, 3.05) is 12.8 Å². The molecule has 5 nitrogen and oxygen atoms in total.